The third kappa shape index (κ3) is 4.19. The van der Waals surface area contributed by atoms with Gasteiger partial charge in [0.1, 0.15) is 17.3 Å². The fraction of sp³-hybridized carbons (Fsp3) is 0.294. The zero-order chi connectivity index (χ0) is 15.4. The zero-order valence-corrected chi connectivity index (χ0v) is 13.0. The Morgan fingerprint density at radius 3 is 2.62 bits per heavy atom. The van der Waals surface area contributed by atoms with Gasteiger partial charge in [-0.15, -0.1) is 0 Å². The van der Waals surface area contributed by atoms with Crippen LogP contribution in [0, 0.1) is 12.7 Å². The molecule has 0 aliphatic carbocycles. The van der Waals surface area contributed by atoms with Crippen molar-refractivity contribution in [2.45, 2.75) is 32.7 Å². The monoisotopic (exact) mass is 307 g/mol. The number of rotatable bonds is 5. The van der Waals surface area contributed by atoms with E-state index in [1.165, 1.54) is 12.1 Å². The topological polar surface area (TPSA) is 35.2 Å². The molecule has 2 nitrogen and oxygen atoms in total. The Kier molecular flexibility index (Phi) is 5.21. The molecule has 0 bridgehead atoms. The number of nitrogens with two attached hydrogens (primary N) is 1. The van der Waals surface area contributed by atoms with Crippen molar-refractivity contribution in [3.05, 3.63) is 58.4 Å². The summed E-state index contributed by atoms with van der Waals surface area (Å²) in [4.78, 5) is 0. The number of ether oxygens (including phenoxy) is 1. The molecule has 0 heterocycles. The third-order valence-electron chi connectivity index (χ3n) is 3.39. The van der Waals surface area contributed by atoms with E-state index in [1.807, 2.05) is 19.1 Å². The lowest BCUT2D eigenvalue weighted by molar-refractivity contribution is 0.473. The molecular formula is C17H19ClFNO. The molecule has 0 spiro atoms. The van der Waals surface area contributed by atoms with Crippen molar-refractivity contribution in [2.75, 3.05) is 0 Å². The van der Waals surface area contributed by atoms with Crippen LogP contribution in [0.1, 0.15) is 24.5 Å². The van der Waals surface area contributed by atoms with Crippen LogP contribution in [-0.4, -0.2) is 6.04 Å². The van der Waals surface area contributed by atoms with Crippen molar-refractivity contribution in [3.63, 3.8) is 0 Å². The fourth-order valence-corrected chi connectivity index (χ4v) is 2.25. The highest BCUT2D eigenvalue weighted by Crippen LogP contribution is 2.32. The summed E-state index contributed by atoms with van der Waals surface area (Å²) in [7, 11) is 0. The molecule has 0 saturated carbocycles. The van der Waals surface area contributed by atoms with Gasteiger partial charge in [-0.3, -0.25) is 0 Å². The molecule has 1 atom stereocenters. The van der Waals surface area contributed by atoms with Gasteiger partial charge >= 0.3 is 0 Å². The zero-order valence-electron chi connectivity index (χ0n) is 12.2. The van der Waals surface area contributed by atoms with Crippen molar-refractivity contribution in [2.24, 2.45) is 5.73 Å². The standard InChI is InChI=1S/C17H19ClFNO/c1-3-14(20)8-12-5-7-16(15(18)9-12)21-17-10-13(19)6-4-11(17)2/h4-7,9-10,14H,3,8,20H2,1-2H3. The molecule has 0 fully saturated rings. The van der Waals surface area contributed by atoms with Gasteiger partial charge in [-0.1, -0.05) is 30.7 Å². The molecule has 1 unspecified atom stereocenters. The van der Waals surface area contributed by atoms with Crippen molar-refractivity contribution in [3.8, 4) is 11.5 Å². The van der Waals surface area contributed by atoms with Crippen LogP contribution in [0.4, 0.5) is 4.39 Å². The molecule has 112 valence electrons. The highest BCUT2D eigenvalue weighted by Gasteiger charge is 2.09. The van der Waals surface area contributed by atoms with E-state index < -0.39 is 0 Å². The first-order valence-electron chi connectivity index (χ1n) is 6.97. The van der Waals surface area contributed by atoms with E-state index in [0.717, 1.165) is 24.0 Å². The second-order valence-corrected chi connectivity index (χ2v) is 5.56. The smallest absolute Gasteiger partial charge is 0.146 e. The van der Waals surface area contributed by atoms with E-state index in [9.17, 15) is 4.39 Å². The molecule has 0 radical (unpaired) electrons. The summed E-state index contributed by atoms with van der Waals surface area (Å²) in [5.74, 6) is 0.645. The van der Waals surface area contributed by atoms with Gasteiger partial charge in [0.15, 0.2) is 0 Å². The lowest BCUT2D eigenvalue weighted by Crippen LogP contribution is -2.21. The first kappa shape index (κ1) is 15.8. The molecule has 0 aliphatic rings. The highest BCUT2D eigenvalue weighted by atomic mass is 35.5. The number of hydrogen-bond acceptors (Lipinski definition) is 2. The molecule has 0 amide bonds. The second kappa shape index (κ2) is 6.92. The van der Waals surface area contributed by atoms with E-state index in [1.54, 1.807) is 12.1 Å². The van der Waals surface area contributed by atoms with E-state index >= 15 is 0 Å². The molecule has 0 saturated heterocycles. The van der Waals surface area contributed by atoms with Crippen molar-refractivity contribution in [1.29, 1.82) is 0 Å². The van der Waals surface area contributed by atoms with Crippen LogP contribution in [0.15, 0.2) is 36.4 Å². The van der Waals surface area contributed by atoms with E-state index in [-0.39, 0.29) is 11.9 Å². The van der Waals surface area contributed by atoms with E-state index in [2.05, 4.69) is 6.92 Å². The summed E-state index contributed by atoms with van der Waals surface area (Å²) in [5, 5.41) is 0.500. The van der Waals surface area contributed by atoms with Crippen LogP contribution in [0.2, 0.25) is 5.02 Å². The molecule has 0 aliphatic heterocycles. The minimum atomic E-state index is -0.336. The number of benzene rings is 2. The Morgan fingerprint density at radius 1 is 1.19 bits per heavy atom. The predicted molar refractivity (Wildman–Crippen MR) is 84.6 cm³/mol. The van der Waals surface area contributed by atoms with Crippen molar-refractivity contribution in [1.82, 2.24) is 0 Å². The van der Waals surface area contributed by atoms with Gasteiger partial charge in [-0.2, -0.15) is 0 Å². The Hall–Kier alpha value is -1.58. The third-order valence-corrected chi connectivity index (χ3v) is 3.68. The highest BCUT2D eigenvalue weighted by molar-refractivity contribution is 6.32. The van der Waals surface area contributed by atoms with Gasteiger partial charge in [0.25, 0.3) is 0 Å². The normalized spacial score (nSPS) is 12.2. The van der Waals surface area contributed by atoms with E-state index in [4.69, 9.17) is 22.1 Å². The molecule has 2 aromatic rings. The van der Waals surface area contributed by atoms with Crippen LogP contribution >= 0.6 is 11.6 Å². The van der Waals surface area contributed by atoms with Gasteiger partial charge in [-0.05, 0) is 49.1 Å². The van der Waals surface area contributed by atoms with Crippen LogP contribution in [0.3, 0.4) is 0 Å². The average molecular weight is 308 g/mol. The second-order valence-electron chi connectivity index (χ2n) is 5.15. The summed E-state index contributed by atoms with van der Waals surface area (Å²) in [5.41, 5.74) is 7.86. The molecule has 2 N–H and O–H groups in total. The summed E-state index contributed by atoms with van der Waals surface area (Å²) in [6, 6.07) is 10.1. The summed E-state index contributed by atoms with van der Waals surface area (Å²) in [6.07, 6.45) is 1.69. The Balaban J connectivity index is 2.19. The predicted octanol–water partition coefficient (Wildman–Crippen LogP) is 4.86. The van der Waals surface area contributed by atoms with Gasteiger partial charge in [0, 0.05) is 12.1 Å². The number of halogens is 2. The lowest BCUT2D eigenvalue weighted by Gasteiger charge is -2.13. The van der Waals surface area contributed by atoms with Gasteiger partial charge in [-0.25, -0.2) is 4.39 Å². The maximum absolute atomic E-state index is 13.3. The van der Waals surface area contributed by atoms with Crippen molar-refractivity contribution < 1.29 is 9.13 Å². The average Bonchev–Trinajstić information content (AvgIpc) is 2.45. The summed E-state index contributed by atoms with van der Waals surface area (Å²) < 4.78 is 19.0. The molecule has 2 aromatic carbocycles. The van der Waals surface area contributed by atoms with Crippen LogP contribution in [0.5, 0.6) is 11.5 Å². The van der Waals surface area contributed by atoms with E-state index in [0.29, 0.717) is 16.5 Å². The van der Waals surface area contributed by atoms with Crippen LogP contribution in [0.25, 0.3) is 0 Å². The Labute approximate surface area is 129 Å². The molecule has 21 heavy (non-hydrogen) atoms. The first-order valence-corrected chi connectivity index (χ1v) is 7.35. The van der Waals surface area contributed by atoms with Crippen molar-refractivity contribution >= 4 is 11.6 Å². The lowest BCUT2D eigenvalue weighted by atomic mass is 10.0. The summed E-state index contributed by atoms with van der Waals surface area (Å²) in [6.45, 7) is 3.91. The van der Waals surface area contributed by atoms with Crippen LogP contribution < -0.4 is 10.5 Å². The Morgan fingerprint density at radius 2 is 1.95 bits per heavy atom. The van der Waals surface area contributed by atoms with Gasteiger partial charge in [0.2, 0.25) is 0 Å². The molecule has 4 heteroatoms. The minimum absolute atomic E-state index is 0.123. The largest absolute Gasteiger partial charge is 0.455 e. The first-order chi connectivity index (χ1) is 9.99. The number of hydrogen-bond donors (Lipinski definition) is 1. The SMILES string of the molecule is CCC(N)Cc1ccc(Oc2cc(F)ccc2C)c(Cl)c1. The minimum Gasteiger partial charge on any atom is -0.455 e. The Bertz CT molecular complexity index is 630. The quantitative estimate of drug-likeness (QED) is 0.856. The summed E-state index contributed by atoms with van der Waals surface area (Å²) >= 11 is 6.24. The maximum atomic E-state index is 13.3. The van der Waals surface area contributed by atoms with Crippen LogP contribution in [-0.2, 0) is 6.42 Å². The molecule has 2 rings (SSSR count). The number of aryl methyl sites for hydroxylation is 1. The maximum Gasteiger partial charge on any atom is 0.146 e. The van der Waals surface area contributed by atoms with Gasteiger partial charge < -0.3 is 10.5 Å². The fourth-order valence-electron chi connectivity index (χ4n) is 2.00. The molecule has 0 aromatic heterocycles. The molecular weight excluding hydrogens is 289 g/mol. The van der Waals surface area contributed by atoms with Gasteiger partial charge in [0.05, 0.1) is 5.02 Å².